The molecule has 0 saturated heterocycles. The number of Topliss-reactive ketones (excluding diaryl/α,β-unsaturated/α-hetero) is 1. The van der Waals surface area contributed by atoms with Crippen LogP contribution in [0.2, 0.25) is 0 Å². The van der Waals surface area contributed by atoms with Crippen LogP contribution < -0.4 is 9.47 Å². The quantitative estimate of drug-likeness (QED) is 0.787. The van der Waals surface area contributed by atoms with Crippen molar-refractivity contribution in [1.29, 1.82) is 0 Å². The van der Waals surface area contributed by atoms with Gasteiger partial charge >= 0.3 is 0 Å². The summed E-state index contributed by atoms with van der Waals surface area (Å²) in [5.41, 5.74) is 0. The molecule has 0 N–H and O–H groups in total. The molecule has 2 aromatic rings. The van der Waals surface area contributed by atoms with Crippen molar-refractivity contribution >= 4 is 39.0 Å². The Hall–Kier alpha value is -1.20. The van der Waals surface area contributed by atoms with E-state index in [1.807, 2.05) is 24.5 Å². The van der Waals surface area contributed by atoms with E-state index in [0.717, 1.165) is 15.0 Å². The van der Waals surface area contributed by atoms with Gasteiger partial charge in [-0.1, -0.05) is 0 Å². The van der Waals surface area contributed by atoms with Gasteiger partial charge in [0, 0.05) is 10.8 Å². The zero-order valence-electron chi connectivity index (χ0n) is 10.5. The molecule has 0 aliphatic heterocycles. The fourth-order valence-electron chi connectivity index (χ4n) is 1.71. The predicted octanol–water partition coefficient (Wildman–Crippen LogP) is 3.46. The molecule has 0 radical (unpaired) electrons. The molecule has 0 aliphatic carbocycles. The van der Waals surface area contributed by atoms with E-state index in [2.05, 4.69) is 0 Å². The third-order valence-corrected chi connectivity index (χ3v) is 4.26. The lowest BCUT2D eigenvalue weighted by molar-refractivity contribution is 0.102. The number of ether oxygens (including phenoxy) is 2. The van der Waals surface area contributed by atoms with E-state index in [-0.39, 0.29) is 5.78 Å². The topological polar surface area (TPSA) is 35.5 Å². The second-order valence-electron chi connectivity index (χ2n) is 3.71. The van der Waals surface area contributed by atoms with Gasteiger partial charge in [0.15, 0.2) is 17.3 Å². The van der Waals surface area contributed by atoms with Gasteiger partial charge in [0.2, 0.25) is 0 Å². The first-order valence-corrected chi connectivity index (χ1v) is 7.58. The average Bonchev–Trinajstić information content (AvgIpc) is 2.80. The van der Waals surface area contributed by atoms with Crippen LogP contribution in [0.5, 0.6) is 11.5 Å². The molecule has 0 saturated carbocycles. The summed E-state index contributed by atoms with van der Waals surface area (Å²) in [6.45, 7) is 0. The van der Waals surface area contributed by atoms with Crippen molar-refractivity contribution in [3.63, 3.8) is 0 Å². The summed E-state index contributed by atoms with van der Waals surface area (Å²) < 4.78 is 11.5. The molecule has 3 nitrogen and oxygen atoms in total. The van der Waals surface area contributed by atoms with Gasteiger partial charge in [-0.25, -0.2) is 0 Å². The van der Waals surface area contributed by atoms with Gasteiger partial charge < -0.3 is 9.47 Å². The molecule has 5 heteroatoms. The van der Waals surface area contributed by atoms with Gasteiger partial charge in [0.25, 0.3) is 0 Å². The van der Waals surface area contributed by atoms with Crippen LogP contribution >= 0.6 is 23.1 Å². The number of methoxy groups -OCH3 is 2. The predicted molar refractivity (Wildman–Crippen MR) is 77.6 cm³/mol. The van der Waals surface area contributed by atoms with E-state index >= 15 is 0 Å². The first-order valence-electron chi connectivity index (χ1n) is 5.37. The number of carbonyl (C=O) groups excluding carboxylic acids is 1. The summed E-state index contributed by atoms with van der Waals surface area (Å²) in [5.74, 6) is 2.06. The molecule has 0 atom stereocenters. The molecule has 18 heavy (non-hydrogen) atoms. The lowest BCUT2D eigenvalue weighted by atomic mass is 10.2. The standard InChI is InChI=1S/C13H14O3S2/c1-15-10-4-8-5-13(9(14)7-17-3)18-12(8)6-11(10)16-2/h4-6H,7H2,1-3H3. The molecule has 0 aliphatic rings. The third kappa shape index (κ3) is 2.47. The SMILES string of the molecule is COc1cc2cc(C(=O)CSC)sc2cc1OC. The minimum absolute atomic E-state index is 0.168. The molecule has 2 rings (SSSR count). The van der Waals surface area contributed by atoms with Gasteiger partial charge in [-0.15, -0.1) is 11.3 Å². The lowest BCUT2D eigenvalue weighted by Crippen LogP contribution is -1.97. The van der Waals surface area contributed by atoms with Gasteiger partial charge in [-0.2, -0.15) is 11.8 Å². The normalized spacial score (nSPS) is 10.6. The fraction of sp³-hybridized carbons (Fsp3) is 0.308. The Balaban J connectivity index is 2.47. The molecule has 1 aromatic carbocycles. The highest BCUT2D eigenvalue weighted by atomic mass is 32.2. The second-order valence-corrected chi connectivity index (χ2v) is 5.66. The minimum atomic E-state index is 0.168. The highest BCUT2D eigenvalue weighted by molar-refractivity contribution is 7.99. The molecule has 96 valence electrons. The van der Waals surface area contributed by atoms with Crippen molar-refractivity contribution in [2.75, 3.05) is 26.2 Å². The van der Waals surface area contributed by atoms with E-state index < -0.39 is 0 Å². The van der Waals surface area contributed by atoms with Crippen molar-refractivity contribution < 1.29 is 14.3 Å². The summed E-state index contributed by atoms with van der Waals surface area (Å²) >= 11 is 3.03. The Morgan fingerprint density at radius 2 is 1.89 bits per heavy atom. The lowest BCUT2D eigenvalue weighted by Gasteiger charge is -2.06. The molecule has 1 heterocycles. The van der Waals surface area contributed by atoms with Crippen molar-refractivity contribution in [2.45, 2.75) is 0 Å². The molecule has 0 bridgehead atoms. The Bertz CT molecular complexity index is 534. The van der Waals surface area contributed by atoms with Crippen LogP contribution in [0.15, 0.2) is 18.2 Å². The van der Waals surface area contributed by atoms with Gasteiger partial charge in [-0.05, 0) is 23.8 Å². The molecule has 0 unspecified atom stereocenters. The maximum Gasteiger partial charge on any atom is 0.182 e. The van der Waals surface area contributed by atoms with Crippen molar-refractivity contribution in [2.24, 2.45) is 0 Å². The fourth-order valence-corrected chi connectivity index (χ4v) is 3.23. The van der Waals surface area contributed by atoms with E-state index in [9.17, 15) is 4.79 Å². The monoisotopic (exact) mass is 282 g/mol. The third-order valence-electron chi connectivity index (χ3n) is 2.57. The highest BCUT2D eigenvalue weighted by Gasteiger charge is 2.13. The molecule has 0 amide bonds. The smallest absolute Gasteiger partial charge is 0.182 e. The van der Waals surface area contributed by atoms with Gasteiger partial charge in [0.05, 0.1) is 24.8 Å². The van der Waals surface area contributed by atoms with Crippen LogP contribution in [0.3, 0.4) is 0 Å². The van der Waals surface area contributed by atoms with Crippen LogP contribution in [0, 0.1) is 0 Å². The van der Waals surface area contributed by atoms with Crippen LogP contribution in [0.4, 0.5) is 0 Å². The van der Waals surface area contributed by atoms with Crippen LogP contribution in [-0.4, -0.2) is 32.0 Å². The first-order chi connectivity index (χ1) is 8.69. The van der Waals surface area contributed by atoms with Gasteiger partial charge in [0.1, 0.15) is 0 Å². The first kappa shape index (κ1) is 13.2. The van der Waals surface area contributed by atoms with E-state index in [0.29, 0.717) is 17.3 Å². The van der Waals surface area contributed by atoms with E-state index in [1.54, 1.807) is 14.2 Å². The van der Waals surface area contributed by atoms with Crippen LogP contribution in [0.25, 0.3) is 10.1 Å². The molecule has 0 spiro atoms. The zero-order chi connectivity index (χ0) is 13.1. The minimum Gasteiger partial charge on any atom is -0.493 e. The highest BCUT2D eigenvalue weighted by Crippen LogP contribution is 2.36. The Morgan fingerprint density at radius 1 is 1.22 bits per heavy atom. The number of fused-ring (bicyclic) bond motifs is 1. The zero-order valence-corrected chi connectivity index (χ0v) is 12.1. The number of carbonyl (C=O) groups is 1. The molecule has 1 aromatic heterocycles. The summed E-state index contributed by atoms with van der Waals surface area (Å²) in [7, 11) is 3.22. The Labute approximate surface area is 114 Å². The van der Waals surface area contributed by atoms with E-state index in [4.69, 9.17) is 9.47 Å². The maximum atomic E-state index is 11.9. The number of hydrogen-bond acceptors (Lipinski definition) is 5. The van der Waals surface area contributed by atoms with Crippen LogP contribution in [0.1, 0.15) is 9.67 Å². The number of thiophene rings is 1. The Morgan fingerprint density at radius 3 is 2.50 bits per heavy atom. The summed E-state index contributed by atoms with van der Waals surface area (Å²) in [6.07, 6.45) is 1.93. The van der Waals surface area contributed by atoms with Crippen LogP contribution in [-0.2, 0) is 0 Å². The number of rotatable bonds is 5. The number of ketones is 1. The summed E-state index contributed by atoms with van der Waals surface area (Å²) in [6, 6.07) is 5.73. The van der Waals surface area contributed by atoms with Crippen molar-refractivity contribution in [3.8, 4) is 11.5 Å². The summed E-state index contributed by atoms with van der Waals surface area (Å²) in [4.78, 5) is 12.6. The Kier molecular flexibility index (Phi) is 4.14. The summed E-state index contributed by atoms with van der Waals surface area (Å²) in [5, 5.41) is 1.02. The average molecular weight is 282 g/mol. The maximum absolute atomic E-state index is 11.9. The van der Waals surface area contributed by atoms with Crippen molar-refractivity contribution in [1.82, 2.24) is 0 Å². The molecular weight excluding hydrogens is 268 g/mol. The number of benzene rings is 1. The second kappa shape index (κ2) is 5.63. The van der Waals surface area contributed by atoms with Crippen molar-refractivity contribution in [3.05, 3.63) is 23.1 Å². The molecular formula is C13H14O3S2. The number of hydrogen-bond donors (Lipinski definition) is 0. The molecule has 0 fully saturated rings. The van der Waals surface area contributed by atoms with Gasteiger partial charge in [-0.3, -0.25) is 4.79 Å². The number of thioether (sulfide) groups is 1. The van der Waals surface area contributed by atoms with E-state index in [1.165, 1.54) is 23.1 Å². The largest absolute Gasteiger partial charge is 0.493 e.